The van der Waals surface area contributed by atoms with E-state index in [-0.39, 0.29) is 0 Å². The SMILES string of the molecule is CCCCCCCCCOC(=O)C(=O)OC. The molecule has 0 N–H and O–H groups in total. The molecule has 0 aliphatic carbocycles. The summed E-state index contributed by atoms with van der Waals surface area (Å²) in [6.07, 6.45) is 8.06. The molecule has 0 fully saturated rings. The lowest BCUT2D eigenvalue weighted by molar-refractivity contribution is -0.165. The van der Waals surface area contributed by atoms with Gasteiger partial charge in [0.15, 0.2) is 0 Å². The standard InChI is InChI=1S/C12H22O4/c1-3-4-5-6-7-8-9-10-16-12(14)11(13)15-2/h3-10H2,1-2H3. The van der Waals surface area contributed by atoms with Crippen LogP contribution in [0.2, 0.25) is 0 Å². The molecule has 4 heteroatoms. The predicted molar refractivity (Wildman–Crippen MR) is 61.0 cm³/mol. The topological polar surface area (TPSA) is 52.6 Å². The first-order valence-corrected chi connectivity index (χ1v) is 5.97. The smallest absolute Gasteiger partial charge is 0.417 e. The van der Waals surface area contributed by atoms with Crippen molar-refractivity contribution in [2.24, 2.45) is 0 Å². The molecule has 0 saturated heterocycles. The van der Waals surface area contributed by atoms with Crippen molar-refractivity contribution in [3.05, 3.63) is 0 Å². The molecule has 0 spiro atoms. The Morgan fingerprint density at radius 3 is 2.00 bits per heavy atom. The van der Waals surface area contributed by atoms with E-state index < -0.39 is 11.9 Å². The van der Waals surface area contributed by atoms with E-state index in [2.05, 4.69) is 11.7 Å². The fourth-order valence-corrected chi connectivity index (χ4v) is 1.37. The first kappa shape index (κ1) is 14.9. The van der Waals surface area contributed by atoms with Crippen molar-refractivity contribution in [3.8, 4) is 0 Å². The van der Waals surface area contributed by atoms with Gasteiger partial charge in [-0.05, 0) is 6.42 Å². The Morgan fingerprint density at radius 1 is 0.875 bits per heavy atom. The lowest BCUT2D eigenvalue weighted by Crippen LogP contribution is -2.19. The second-order valence-corrected chi connectivity index (χ2v) is 3.75. The lowest BCUT2D eigenvalue weighted by atomic mass is 10.1. The van der Waals surface area contributed by atoms with Gasteiger partial charge in [0, 0.05) is 0 Å². The summed E-state index contributed by atoms with van der Waals surface area (Å²) in [7, 11) is 1.16. The summed E-state index contributed by atoms with van der Waals surface area (Å²) in [5.74, 6) is -1.82. The highest BCUT2D eigenvalue weighted by Gasteiger charge is 2.14. The maximum atomic E-state index is 10.9. The molecule has 4 nitrogen and oxygen atoms in total. The van der Waals surface area contributed by atoms with Crippen LogP contribution in [-0.2, 0) is 19.1 Å². The summed E-state index contributed by atoms with van der Waals surface area (Å²) in [6.45, 7) is 2.49. The zero-order valence-electron chi connectivity index (χ0n) is 10.3. The van der Waals surface area contributed by atoms with E-state index in [4.69, 9.17) is 4.74 Å². The number of carbonyl (C=O) groups excluding carboxylic acids is 2. The summed E-state index contributed by atoms with van der Waals surface area (Å²) >= 11 is 0. The Balaban J connectivity index is 3.21. The molecule has 0 amide bonds. The third-order valence-electron chi connectivity index (χ3n) is 2.33. The van der Waals surface area contributed by atoms with Crippen molar-refractivity contribution >= 4 is 11.9 Å². The molecule has 0 bridgehead atoms. The van der Waals surface area contributed by atoms with Crippen LogP contribution in [0.3, 0.4) is 0 Å². The number of ether oxygens (including phenoxy) is 2. The fraction of sp³-hybridized carbons (Fsp3) is 0.833. The van der Waals surface area contributed by atoms with Crippen LogP contribution < -0.4 is 0 Å². The minimum atomic E-state index is -0.928. The van der Waals surface area contributed by atoms with Crippen molar-refractivity contribution in [1.82, 2.24) is 0 Å². The molecule has 0 aromatic carbocycles. The van der Waals surface area contributed by atoms with Gasteiger partial charge >= 0.3 is 11.9 Å². The van der Waals surface area contributed by atoms with Crippen molar-refractivity contribution in [2.45, 2.75) is 51.9 Å². The van der Waals surface area contributed by atoms with Crippen LogP contribution in [0.1, 0.15) is 51.9 Å². The Bertz CT molecular complexity index is 201. The number of rotatable bonds is 8. The zero-order valence-corrected chi connectivity index (χ0v) is 10.3. The van der Waals surface area contributed by atoms with Crippen LogP contribution in [0, 0.1) is 0 Å². The van der Waals surface area contributed by atoms with Crippen LogP contribution in [0.15, 0.2) is 0 Å². The number of unbranched alkanes of at least 4 members (excludes halogenated alkanes) is 6. The van der Waals surface area contributed by atoms with Crippen molar-refractivity contribution in [1.29, 1.82) is 0 Å². The van der Waals surface area contributed by atoms with Crippen LogP contribution in [0.4, 0.5) is 0 Å². The quantitative estimate of drug-likeness (QED) is 0.365. The van der Waals surface area contributed by atoms with Gasteiger partial charge in [-0.15, -0.1) is 0 Å². The van der Waals surface area contributed by atoms with Gasteiger partial charge in [-0.25, -0.2) is 9.59 Å². The fourth-order valence-electron chi connectivity index (χ4n) is 1.37. The van der Waals surface area contributed by atoms with Gasteiger partial charge in [0.05, 0.1) is 13.7 Å². The molecule has 0 aromatic rings. The third-order valence-corrected chi connectivity index (χ3v) is 2.33. The third kappa shape index (κ3) is 8.26. The van der Waals surface area contributed by atoms with E-state index >= 15 is 0 Å². The summed E-state index contributed by atoms with van der Waals surface area (Å²) in [6, 6.07) is 0. The van der Waals surface area contributed by atoms with Gasteiger partial charge in [-0.2, -0.15) is 0 Å². The molecule has 94 valence electrons. The molecule has 0 aliphatic rings. The number of hydrogen-bond donors (Lipinski definition) is 0. The maximum Gasteiger partial charge on any atom is 0.417 e. The molecule has 0 heterocycles. The summed E-state index contributed by atoms with van der Waals surface area (Å²) in [5.41, 5.74) is 0. The highest BCUT2D eigenvalue weighted by Crippen LogP contribution is 2.06. The summed E-state index contributed by atoms with van der Waals surface area (Å²) in [5, 5.41) is 0. The van der Waals surface area contributed by atoms with Gasteiger partial charge in [0.1, 0.15) is 0 Å². The highest BCUT2D eigenvalue weighted by molar-refractivity contribution is 6.29. The molecular weight excluding hydrogens is 208 g/mol. The summed E-state index contributed by atoms with van der Waals surface area (Å²) < 4.78 is 8.93. The normalized spacial score (nSPS) is 9.88. The molecule has 0 radical (unpaired) electrons. The van der Waals surface area contributed by atoms with E-state index in [1.165, 1.54) is 25.7 Å². The van der Waals surface area contributed by atoms with Crippen molar-refractivity contribution in [2.75, 3.05) is 13.7 Å². The van der Waals surface area contributed by atoms with Gasteiger partial charge in [0.25, 0.3) is 0 Å². The van der Waals surface area contributed by atoms with Gasteiger partial charge < -0.3 is 9.47 Å². The second kappa shape index (κ2) is 10.5. The van der Waals surface area contributed by atoms with Crippen LogP contribution >= 0.6 is 0 Å². The predicted octanol–water partition coefficient (Wildman–Crippen LogP) is 2.45. The minimum absolute atomic E-state index is 0.307. The lowest BCUT2D eigenvalue weighted by Gasteiger charge is -2.03. The molecule has 0 saturated carbocycles. The average Bonchev–Trinajstić information content (AvgIpc) is 2.31. The van der Waals surface area contributed by atoms with Crippen molar-refractivity contribution < 1.29 is 19.1 Å². The number of methoxy groups -OCH3 is 1. The molecular formula is C12H22O4. The average molecular weight is 230 g/mol. The molecule has 0 atom stereocenters. The van der Waals surface area contributed by atoms with Gasteiger partial charge in [-0.1, -0.05) is 45.4 Å². The second-order valence-electron chi connectivity index (χ2n) is 3.75. The van der Waals surface area contributed by atoms with E-state index in [0.29, 0.717) is 6.61 Å². The zero-order chi connectivity index (χ0) is 12.2. The van der Waals surface area contributed by atoms with E-state index in [9.17, 15) is 9.59 Å². The first-order chi connectivity index (χ1) is 7.72. The minimum Gasteiger partial charge on any atom is -0.461 e. The highest BCUT2D eigenvalue weighted by atomic mass is 16.6. The Morgan fingerprint density at radius 2 is 1.44 bits per heavy atom. The van der Waals surface area contributed by atoms with Crippen molar-refractivity contribution in [3.63, 3.8) is 0 Å². The molecule has 0 rings (SSSR count). The molecule has 0 unspecified atom stereocenters. The monoisotopic (exact) mass is 230 g/mol. The largest absolute Gasteiger partial charge is 0.461 e. The van der Waals surface area contributed by atoms with Crippen LogP contribution in [0.5, 0.6) is 0 Å². The maximum absolute atomic E-state index is 10.9. The molecule has 0 aromatic heterocycles. The Kier molecular flexibility index (Phi) is 9.76. The number of hydrogen-bond acceptors (Lipinski definition) is 4. The van der Waals surface area contributed by atoms with Gasteiger partial charge in [-0.3, -0.25) is 0 Å². The number of carbonyl (C=O) groups is 2. The number of esters is 2. The van der Waals surface area contributed by atoms with E-state index in [1.807, 2.05) is 0 Å². The van der Waals surface area contributed by atoms with Crippen LogP contribution in [-0.4, -0.2) is 25.7 Å². The van der Waals surface area contributed by atoms with Crippen LogP contribution in [0.25, 0.3) is 0 Å². The molecule has 0 aliphatic heterocycles. The summed E-state index contributed by atoms with van der Waals surface area (Å²) in [4.78, 5) is 21.5. The Hall–Kier alpha value is -1.06. The first-order valence-electron chi connectivity index (χ1n) is 5.97. The van der Waals surface area contributed by atoms with E-state index in [0.717, 1.165) is 26.4 Å². The molecule has 16 heavy (non-hydrogen) atoms. The van der Waals surface area contributed by atoms with Gasteiger partial charge in [0.2, 0.25) is 0 Å². The Labute approximate surface area is 97.3 Å². The van der Waals surface area contributed by atoms with E-state index in [1.54, 1.807) is 0 Å².